The quantitative estimate of drug-likeness (QED) is 0.709. The van der Waals surface area contributed by atoms with Crippen LogP contribution in [-0.2, 0) is 4.79 Å². The Balaban J connectivity index is 2.88. The molecule has 0 radical (unpaired) electrons. The number of amides is 2. The molecule has 0 spiro atoms. The minimum Gasteiger partial charge on any atom is -0.495 e. The van der Waals surface area contributed by atoms with Crippen LogP contribution in [0.5, 0.6) is 5.75 Å². The van der Waals surface area contributed by atoms with E-state index in [1.54, 1.807) is 6.07 Å². The number of carbonyl (C=O) groups excluding carboxylic acids is 2. The molecule has 0 saturated heterocycles. The van der Waals surface area contributed by atoms with Crippen LogP contribution in [-0.4, -0.2) is 25.0 Å². The Bertz CT molecular complexity index is 474. The number of hydrogen-bond donors (Lipinski definition) is 3. The van der Waals surface area contributed by atoms with E-state index in [1.807, 2.05) is 6.92 Å². The number of carbonyl (C=O) groups is 2. The Morgan fingerprint density at radius 1 is 1.42 bits per heavy atom. The fourth-order valence-corrected chi connectivity index (χ4v) is 1.54. The second-order valence-electron chi connectivity index (χ2n) is 4.20. The second kappa shape index (κ2) is 6.75. The maximum absolute atomic E-state index is 11.8. The van der Waals surface area contributed by atoms with Crippen molar-refractivity contribution >= 4 is 17.5 Å². The number of ether oxygens (including phenoxy) is 1. The summed E-state index contributed by atoms with van der Waals surface area (Å²) in [4.78, 5) is 22.9. The summed E-state index contributed by atoms with van der Waals surface area (Å²) in [5.74, 6) is -0.332. The summed E-state index contributed by atoms with van der Waals surface area (Å²) >= 11 is 0. The lowest BCUT2D eigenvalue weighted by atomic mass is 10.1. The number of nitrogens with two attached hydrogens (primary N) is 2. The molecular weight excluding hydrogens is 246 g/mol. The number of hydrogen-bond acceptors (Lipinski definition) is 4. The molecule has 1 unspecified atom stereocenters. The fourth-order valence-electron chi connectivity index (χ4n) is 1.54. The van der Waals surface area contributed by atoms with Crippen molar-refractivity contribution in [3.8, 4) is 5.75 Å². The largest absolute Gasteiger partial charge is 0.495 e. The van der Waals surface area contributed by atoms with E-state index in [1.165, 1.54) is 19.2 Å². The number of methoxy groups -OCH3 is 1. The van der Waals surface area contributed by atoms with Gasteiger partial charge in [0.2, 0.25) is 11.8 Å². The predicted octanol–water partition coefficient (Wildman–Crippen LogP) is 0.860. The average Bonchev–Trinajstić information content (AvgIpc) is 2.38. The smallest absolute Gasteiger partial charge is 0.248 e. The first-order valence-electron chi connectivity index (χ1n) is 6.01. The molecule has 0 aliphatic rings. The van der Waals surface area contributed by atoms with Gasteiger partial charge < -0.3 is 21.5 Å². The monoisotopic (exact) mass is 265 g/mol. The molecule has 6 nitrogen and oxygen atoms in total. The Labute approximate surface area is 112 Å². The van der Waals surface area contributed by atoms with Gasteiger partial charge in [-0.1, -0.05) is 6.92 Å². The molecule has 1 aromatic rings. The molecule has 0 fully saturated rings. The highest BCUT2D eigenvalue weighted by atomic mass is 16.5. The SMILES string of the molecule is CCC(N)CC(=O)Nc1cc(C(N)=O)ccc1OC. The molecule has 1 aromatic carbocycles. The molecular formula is C13H19N3O3. The summed E-state index contributed by atoms with van der Waals surface area (Å²) in [5.41, 5.74) is 11.6. The number of rotatable bonds is 6. The minimum atomic E-state index is -0.566. The Kier molecular flexibility index (Phi) is 5.32. The van der Waals surface area contributed by atoms with E-state index >= 15 is 0 Å². The number of benzene rings is 1. The molecule has 6 heteroatoms. The van der Waals surface area contributed by atoms with E-state index in [0.29, 0.717) is 23.4 Å². The Morgan fingerprint density at radius 2 is 2.11 bits per heavy atom. The summed E-state index contributed by atoms with van der Waals surface area (Å²) in [7, 11) is 1.48. The second-order valence-corrected chi connectivity index (χ2v) is 4.20. The van der Waals surface area contributed by atoms with Gasteiger partial charge >= 0.3 is 0 Å². The molecule has 1 atom stereocenters. The fraction of sp³-hybridized carbons (Fsp3) is 0.385. The molecule has 0 aromatic heterocycles. The van der Waals surface area contributed by atoms with Crippen LogP contribution < -0.4 is 21.5 Å². The van der Waals surface area contributed by atoms with Crippen molar-refractivity contribution < 1.29 is 14.3 Å². The first kappa shape index (κ1) is 15.0. The number of nitrogens with one attached hydrogen (secondary N) is 1. The first-order chi connectivity index (χ1) is 8.97. The van der Waals surface area contributed by atoms with Gasteiger partial charge in [-0.05, 0) is 24.6 Å². The third kappa shape index (κ3) is 4.26. The van der Waals surface area contributed by atoms with E-state index in [9.17, 15) is 9.59 Å². The molecule has 0 heterocycles. The van der Waals surface area contributed by atoms with Crippen molar-refractivity contribution in [2.24, 2.45) is 11.5 Å². The molecule has 19 heavy (non-hydrogen) atoms. The van der Waals surface area contributed by atoms with Gasteiger partial charge in [0.05, 0.1) is 12.8 Å². The Morgan fingerprint density at radius 3 is 2.63 bits per heavy atom. The summed E-state index contributed by atoms with van der Waals surface area (Å²) < 4.78 is 5.11. The van der Waals surface area contributed by atoms with Gasteiger partial charge in [0.25, 0.3) is 0 Å². The van der Waals surface area contributed by atoms with Crippen molar-refractivity contribution in [3.63, 3.8) is 0 Å². The third-order valence-electron chi connectivity index (χ3n) is 2.73. The van der Waals surface area contributed by atoms with Crippen molar-refractivity contribution in [1.82, 2.24) is 0 Å². The predicted molar refractivity (Wildman–Crippen MR) is 73.0 cm³/mol. The van der Waals surface area contributed by atoms with Crippen LogP contribution in [0.25, 0.3) is 0 Å². The van der Waals surface area contributed by atoms with Gasteiger partial charge in [0, 0.05) is 18.0 Å². The van der Waals surface area contributed by atoms with Crippen LogP contribution >= 0.6 is 0 Å². The molecule has 0 bridgehead atoms. The highest BCUT2D eigenvalue weighted by Crippen LogP contribution is 2.25. The van der Waals surface area contributed by atoms with Crippen LogP contribution in [0.4, 0.5) is 5.69 Å². The molecule has 5 N–H and O–H groups in total. The molecule has 0 aliphatic carbocycles. The van der Waals surface area contributed by atoms with E-state index in [2.05, 4.69) is 5.32 Å². The van der Waals surface area contributed by atoms with Crippen molar-refractivity contribution in [1.29, 1.82) is 0 Å². The lowest BCUT2D eigenvalue weighted by molar-refractivity contribution is -0.116. The van der Waals surface area contributed by atoms with Crippen molar-refractivity contribution in [2.75, 3.05) is 12.4 Å². The first-order valence-corrected chi connectivity index (χ1v) is 6.01. The zero-order valence-electron chi connectivity index (χ0n) is 11.1. The highest BCUT2D eigenvalue weighted by molar-refractivity contribution is 5.97. The van der Waals surface area contributed by atoms with E-state index in [-0.39, 0.29) is 18.4 Å². The molecule has 104 valence electrons. The third-order valence-corrected chi connectivity index (χ3v) is 2.73. The molecule has 0 saturated carbocycles. The average molecular weight is 265 g/mol. The van der Waals surface area contributed by atoms with Gasteiger partial charge in [-0.3, -0.25) is 9.59 Å². The normalized spacial score (nSPS) is 11.7. The van der Waals surface area contributed by atoms with Gasteiger partial charge in [0.15, 0.2) is 0 Å². The van der Waals surface area contributed by atoms with Crippen LogP contribution in [0.15, 0.2) is 18.2 Å². The number of primary amides is 1. The van der Waals surface area contributed by atoms with Gasteiger partial charge in [-0.15, -0.1) is 0 Å². The van der Waals surface area contributed by atoms with Gasteiger partial charge in [-0.2, -0.15) is 0 Å². The Hall–Kier alpha value is -2.08. The van der Waals surface area contributed by atoms with E-state index < -0.39 is 5.91 Å². The van der Waals surface area contributed by atoms with E-state index in [4.69, 9.17) is 16.2 Å². The standard InChI is InChI=1S/C13H19N3O3/c1-3-9(14)7-12(17)16-10-6-8(13(15)18)4-5-11(10)19-2/h4-6,9H,3,7,14H2,1-2H3,(H2,15,18)(H,16,17). The summed E-state index contributed by atoms with van der Waals surface area (Å²) in [6.07, 6.45) is 0.923. The van der Waals surface area contributed by atoms with Crippen molar-refractivity contribution in [3.05, 3.63) is 23.8 Å². The molecule has 2 amide bonds. The van der Waals surface area contributed by atoms with Gasteiger partial charge in [-0.25, -0.2) is 0 Å². The van der Waals surface area contributed by atoms with Crippen LogP contribution in [0.2, 0.25) is 0 Å². The zero-order chi connectivity index (χ0) is 14.4. The number of anilines is 1. The topological polar surface area (TPSA) is 107 Å². The molecule has 1 rings (SSSR count). The zero-order valence-corrected chi connectivity index (χ0v) is 11.1. The highest BCUT2D eigenvalue weighted by Gasteiger charge is 2.12. The maximum atomic E-state index is 11.8. The lowest BCUT2D eigenvalue weighted by Crippen LogP contribution is -2.26. The minimum absolute atomic E-state index is 0.190. The van der Waals surface area contributed by atoms with Gasteiger partial charge in [0.1, 0.15) is 5.75 Å². The summed E-state index contributed by atoms with van der Waals surface area (Å²) in [5, 5.41) is 2.67. The summed E-state index contributed by atoms with van der Waals surface area (Å²) in [6, 6.07) is 4.41. The van der Waals surface area contributed by atoms with Crippen LogP contribution in [0.3, 0.4) is 0 Å². The van der Waals surface area contributed by atoms with E-state index in [0.717, 1.165) is 0 Å². The van der Waals surface area contributed by atoms with Crippen LogP contribution in [0.1, 0.15) is 30.1 Å². The summed E-state index contributed by atoms with van der Waals surface area (Å²) in [6.45, 7) is 1.91. The maximum Gasteiger partial charge on any atom is 0.248 e. The molecule has 0 aliphatic heterocycles. The van der Waals surface area contributed by atoms with Crippen LogP contribution in [0, 0.1) is 0 Å². The lowest BCUT2D eigenvalue weighted by Gasteiger charge is -2.13. The van der Waals surface area contributed by atoms with Crippen molar-refractivity contribution in [2.45, 2.75) is 25.8 Å².